The summed E-state index contributed by atoms with van der Waals surface area (Å²) in [7, 11) is 1.92. The first kappa shape index (κ1) is 13.4. The number of aromatic nitrogens is 2. The zero-order valence-corrected chi connectivity index (χ0v) is 12.2. The molecule has 7 nitrogen and oxygen atoms in total. The Labute approximate surface area is 121 Å². The fraction of sp³-hybridized carbons (Fsp3) is 0.357. The Morgan fingerprint density at radius 1 is 1.33 bits per heavy atom. The molecule has 21 heavy (non-hydrogen) atoms. The standard InChI is InChI=1S/C14H17N5O2/c1-14(2)12(20)19(13(21)17-14)8-15-9-4-5-10-11(6-9)18(3)7-16-10/h4-7,15H,8H2,1-3H3,(H,17,21). The van der Waals surface area contributed by atoms with Crippen LogP contribution in [0.3, 0.4) is 0 Å². The highest BCUT2D eigenvalue weighted by molar-refractivity contribution is 6.06. The van der Waals surface area contributed by atoms with Crippen LogP contribution in [0.25, 0.3) is 11.0 Å². The zero-order chi connectivity index (χ0) is 15.2. The molecule has 110 valence electrons. The number of rotatable bonds is 3. The molecular formula is C14H17N5O2. The summed E-state index contributed by atoms with van der Waals surface area (Å²) >= 11 is 0. The van der Waals surface area contributed by atoms with Crippen LogP contribution >= 0.6 is 0 Å². The lowest BCUT2D eigenvalue weighted by atomic mass is 10.1. The van der Waals surface area contributed by atoms with Gasteiger partial charge in [0.1, 0.15) is 5.54 Å². The smallest absolute Gasteiger partial charge is 0.326 e. The van der Waals surface area contributed by atoms with E-state index in [-0.39, 0.29) is 18.6 Å². The van der Waals surface area contributed by atoms with Crippen molar-refractivity contribution in [1.29, 1.82) is 0 Å². The number of carbonyl (C=O) groups is 2. The van der Waals surface area contributed by atoms with Gasteiger partial charge in [-0.25, -0.2) is 14.7 Å². The first-order valence-corrected chi connectivity index (χ1v) is 6.67. The molecule has 1 aromatic heterocycles. The first-order valence-electron chi connectivity index (χ1n) is 6.67. The van der Waals surface area contributed by atoms with Crippen molar-refractivity contribution in [1.82, 2.24) is 19.8 Å². The zero-order valence-electron chi connectivity index (χ0n) is 12.2. The number of hydrogen-bond donors (Lipinski definition) is 2. The minimum Gasteiger partial charge on any atom is -0.367 e. The number of amides is 3. The molecule has 2 heterocycles. The largest absolute Gasteiger partial charge is 0.367 e. The van der Waals surface area contributed by atoms with Crippen molar-refractivity contribution in [2.45, 2.75) is 19.4 Å². The third-order valence-electron chi connectivity index (χ3n) is 3.61. The molecule has 0 radical (unpaired) electrons. The summed E-state index contributed by atoms with van der Waals surface area (Å²) < 4.78 is 1.91. The first-order chi connectivity index (χ1) is 9.88. The van der Waals surface area contributed by atoms with Gasteiger partial charge in [0.2, 0.25) is 0 Å². The number of anilines is 1. The maximum atomic E-state index is 12.1. The molecule has 0 saturated carbocycles. The van der Waals surface area contributed by atoms with Gasteiger partial charge in [-0.05, 0) is 32.0 Å². The SMILES string of the molecule is Cn1cnc2ccc(NCN3C(=O)NC(C)(C)C3=O)cc21. The van der Waals surface area contributed by atoms with E-state index >= 15 is 0 Å². The van der Waals surface area contributed by atoms with Gasteiger partial charge in [-0.15, -0.1) is 0 Å². The van der Waals surface area contributed by atoms with Crippen LogP contribution in [0.2, 0.25) is 0 Å². The molecule has 0 spiro atoms. The van der Waals surface area contributed by atoms with Gasteiger partial charge in [0.25, 0.3) is 5.91 Å². The van der Waals surface area contributed by atoms with Gasteiger partial charge in [0, 0.05) is 12.7 Å². The summed E-state index contributed by atoms with van der Waals surface area (Å²) in [6, 6.07) is 5.33. The van der Waals surface area contributed by atoms with E-state index in [1.807, 2.05) is 29.8 Å². The van der Waals surface area contributed by atoms with Crippen LogP contribution in [0.15, 0.2) is 24.5 Å². The van der Waals surface area contributed by atoms with Crippen LogP contribution in [0.4, 0.5) is 10.5 Å². The lowest BCUT2D eigenvalue weighted by Gasteiger charge is -2.17. The minimum absolute atomic E-state index is 0.136. The number of urea groups is 1. The number of aryl methyl sites for hydroxylation is 1. The summed E-state index contributed by atoms with van der Waals surface area (Å²) in [4.78, 5) is 29.3. The average Bonchev–Trinajstić information content (AvgIpc) is 2.88. The van der Waals surface area contributed by atoms with Crippen molar-refractivity contribution >= 4 is 28.7 Å². The van der Waals surface area contributed by atoms with E-state index < -0.39 is 5.54 Å². The number of nitrogens with one attached hydrogen (secondary N) is 2. The molecule has 1 aliphatic rings. The van der Waals surface area contributed by atoms with Crippen molar-refractivity contribution in [2.24, 2.45) is 7.05 Å². The molecular weight excluding hydrogens is 270 g/mol. The van der Waals surface area contributed by atoms with Gasteiger partial charge in [0.05, 0.1) is 24.0 Å². The summed E-state index contributed by atoms with van der Waals surface area (Å²) in [5.74, 6) is -0.235. The maximum absolute atomic E-state index is 12.1. The lowest BCUT2D eigenvalue weighted by Crippen LogP contribution is -2.41. The number of carbonyl (C=O) groups excluding carboxylic acids is 2. The summed E-state index contributed by atoms with van der Waals surface area (Å²) in [6.07, 6.45) is 1.74. The van der Waals surface area contributed by atoms with Crippen LogP contribution in [-0.4, -0.2) is 38.6 Å². The molecule has 0 unspecified atom stereocenters. The maximum Gasteiger partial charge on any atom is 0.326 e. The molecule has 1 fully saturated rings. The van der Waals surface area contributed by atoms with E-state index in [1.165, 1.54) is 4.90 Å². The summed E-state index contributed by atoms with van der Waals surface area (Å²) in [5.41, 5.74) is 1.87. The molecule has 3 amide bonds. The second kappa shape index (κ2) is 4.47. The Bertz CT molecular complexity index is 734. The average molecular weight is 287 g/mol. The minimum atomic E-state index is -0.843. The fourth-order valence-electron chi connectivity index (χ4n) is 2.37. The monoisotopic (exact) mass is 287 g/mol. The number of benzene rings is 1. The predicted octanol–water partition coefficient (Wildman–Crippen LogP) is 1.27. The topological polar surface area (TPSA) is 79.3 Å². The Morgan fingerprint density at radius 2 is 2.10 bits per heavy atom. The van der Waals surface area contributed by atoms with Crippen LogP contribution < -0.4 is 10.6 Å². The highest BCUT2D eigenvalue weighted by Gasteiger charge is 2.43. The lowest BCUT2D eigenvalue weighted by molar-refractivity contribution is -0.129. The van der Waals surface area contributed by atoms with E-state index in [9.17, 15) is 9.59 Å². The summed E-state index contributed by atoms with van der Waals surface area (Å²) in [6.45, 7) is 3.52. The normalized spacial score (nSPS) is 17.4. The number of imide groups is 1. The fourth-order valence-corrected chi connectivity index (χ4v) is 2.37. The number of fused-ring (bicyclic) bond motifs is 1. The second-order valence-corrected chi connectivity index (χ2v) is 5.68. The van der Waals surface area contributed by atoms with Crippen molar-refractivity contribution in [3.63, 3.8) is 0 Å². The Hall–Kier alpha value is -2.57. The van der Waals surface area contributed by atoms with Gasteiger partial charge >= 0.3 is 6.03 Å². The third kappa shape index (κ3) is 2.20. The Balaban J connectivity index is 1.76. The molecule has 2 aromatic rings. The molecule has 7 heteroatoms. The molecule has 1 aromatic carbocycles. The van der Waals surface area contributed by atoms with E-state index in [2.05, 4.69) is 15.6 Å². The Morgan fingerprint density at radius 3 is 2.76 bits per heavy atom. The van der Waals surface area contributed by atoms with Gasteiger partial charge in [-0.3, -0.25) is 4.79 Å². The summed E-state index contributed by atoms with van der Waals surface area (Å²) in [5, 5.41) is 5.74. The van der Waals surface area contributed by atoms with Crippen molar-refractivity contribution in [3.8, 4) is 0 Å². The van der Waals surface area contributed by atoms with Crippen molar-refractivity contribution in [2.75, 3.05) is 12.0 Å². The molecule has 0 atom stereocenters. The van der Waals surface area contributed by atoms with Gasteiger partial charge < -0.3 is 15.2 Å². The van der Waals surface area contributed by atoms with E-state index in [0.29, 0.717) is 0 Å². The van der Waals surface area contributed by atoms with Crippen LogP contribution in [0.1, 0.15) is 13.8 Å². The van der Waals surface area contributed by atoms with Gasteiger partial charge in [-0.2, -0.15) is 0 Å². The molecule has 3 rings (SSSR count). The van der Waals surface area contributed by atoms with E-state index in [4.69, 9.17) is 0 Å². The van der Waals surface area contributed by atoms with E-state index in [0.717, 1.165) is 16.7 Å². The van der Waals surface area contributed by atoms with Crippen molar-refractivity contribution in [3.05, 3.63) is 24.5 Å². The molecule has 0 bridgehead atoms. The number of imidazole rings is 1. The van der Waals surface area contributed by atoms with E-state index in [1.54, 1.807) is 20.2 Å². The van der Waals surface area contributed by atoms with Crippen molar-refractivity contribution < 1.29 is 9.59 Å². The molecule has 1 aliphatic heterocycles. The molecule has 2 N–H and O–H groups in total. The van der Waals surface area contributed by atoms with Gasteiger partial charge in [0.15, 0.2) is 0 Å². The van der Waals surface area contributed by atoms with Crippen LogP contribution in [0, 0.1) is 0 Å². The third-order valence-corrected chi connectivity index (χ3v) is 3.61. The van der Waals surface area contributed by atoms with Gasteiger partial charge in [-0.1, -0.05) is 0 Å². The predicted molar refractivity (Wildman–Crippen MR) is 78.7 cm³/mol. The highest BCUT2D eigenvalue weighted by Crippen LogP contribution is 2.19. The second-order valence-electron chi connectivity index (χ2n) is 5.68. The Kier molecular flexibility index (Phi) is 2.86. The number of nitrogens with zero attached hydrogens (tertiary/aromatic N) is 3. The molecule has 1 saturated heterocycles. The van der Waals surface area contributed by atoms with Crippen LogP contribution in [-0.2, 0) is 11.8 Å². The highest BCUT2D eigenvalue weighted by atomic mass is 16.2. The van der Waals surface area contributed by atoms with Crippen LogP contribution in [0.5, 0.6) is 0 Å². The quantitative estimate of drug-likeness (QED) is 0.833. The number of hydrogen-bond acceptors (Lipinski definition) is 4. The molecule has 0 aliphatic carbocycles.